The van der Waals surface area contributed by atoms with E-state index >= 15 is 0 Å². The maximum Gasteiger partial charge on any atom is 0.294 e. The number of carbonyl (C=O) groups excluding carboxylic acids is 2. The smallest absolute Gasteiger partial charge is 0.294 e. The zero-order valence-electron chi connectivity index (χ0n) is 15.1. The van der Waals surface area contributed by atoms with Gasteiger partial charge in [-0.15, -0.1) is 0 Å². The fourth-order valence-corrected chi connectivity index (χ4v) is 2.97. The highest BCUT2D eigenvalue weighted by Gasteiger charge is 2.47. The Kier molecular flexibility index (Phi) is 4.36. The molecule has 2 aromatic rings. The Labute approximate surface area is 151 Å². The Balaban J connectivity index is 2.13. The van der Waals surface area contributed by atoms with Crippen LogP contribution in [0.1, 0.15) is 32.6 Å². The first-order valence-corrected chi connectivity index (χ1v) is 8.24. The van der Waals surface area contributed by atoms with Crippen LogP contribution in [0.25, 0.3) is 0 Å². The number of aliphatic hydroxyl groups is 1. The molecule has 0 saturated heterocycles. The zero-order valence-corrected chi connectivity index (χ0v) is 15.1. The molecule has 6 nitrogen and oxygen atoms in total. The Morgan fingerprint density at radius 2 is 1.85 bits per heavy atom. The van der Waals surface area contributed by atoms with E-state index in [-0.39, 0.29) is 11.4 Å². The summed E-state index contributed by atoms with van der Waals surface area (Å²) >= 11 is 0. The number of rotatable bonds is 4. The normalized spacial score (nSPS) is 17.8. The second kappa shape index (κ2) is 6.37. The van der Waals surface area contributed by atoms with Gasteiger partial charge in [-0.2, -0.15) is 0 Å². The van der Waals surface area contributed by atoms with Crippen molar-refractivity contribution in [3.8, 4) is 5.75 Å². The number of ketones is 1. The van der Waals surface area contributed by atoms with E-state index in [1.807, 2.05) is 0 Å². The molecule has 0 saturated carbocycles. The molecular weight excluding hydrogens is 334 g/mol. The van der Waals surface area contributed by atoms with Gasteiger partial charge in [0.1, 0.15) is 17.6 Å². The number of aliphatic hydroxyl groups excluding tert-OH is 1. The van der Waals surface area contributed by atoms with Crippen LogP contribution in [0.15, 0.2) is 58.4 Å². The van der Waals surface area contributed by atoms with Gasteiger partial charge in [0.25, 0.3) is 5.91 Å². The van der Waals surface area contributed by atoms with E-state index in [2.05, 4.69) is 0 Å². The van der Waals surface area contributed by atoms with E-state index in [0.29, 0.717) is 17.2 Å². The summed E-state index contributed by atoms with van der Waals surface area (Å²) < 4.78 is 10.6. The van der Waals surface area contributed by atoms with Gasteiger partial charge in [-0.3, -0.25) is 14.5 Å². The highest BCUT2D eigenvalue weighted by molar-refractivity contribution is 6.17. The topological polar surface area (TPSA) is 80.0 Å². The van der Waals surface area contributed by atoms with Crippen LogP contribution < -0.4 is 9.64 Å². The van der Waals surface area contributed by atoms with Crippen LogP contribution in [0.5, 0.6) is 5.75 Å². The number of nitrogens with zero attached hydrogens (tertiary/aromatic N) is 1. The summed E-state index contributed by atoms with van der Waals surface area (Å²) in [5.74, 6) is -0.434. The minimum absolute atomic E-state index is 0.0493. The van der Waals surface area contributed by atoms with Crippen molar-refractivity contribution in [2.24, 2.45) is 5.41 Å². The number of hydrogen-bond donors (Lipinski definition) is 1. The molecule has 0 radical (unpaired) electrons. The van der Waals surface area contributed by atoms with Crippen molar-refractivity contribution < 1.29 is 23.8 Å². The molecular formula is C20H21NO5. The highest BCUT2D eigenvalue weighted by atomic mass is 16.5. The van der Waals surface area contributed by atoms with Crippen molar-refractivity contribution in [1.29, 1.82) is 0 Å². The van der Waals surface area contributed by atoms with Crippen LogP contribution in [-0.2, 0) is 9.59 Å². The maximum absolute atomic E-state index is 12.9. The van der Waals surface area contributed by atoms with Crippen LogP contribution in [0.2, 0.25) is 0 Å². The minimum Gasteiger partial charge on any atom is -0.503 e. The molecule has 2 heterocycles. The molecule has 1 amide bonds. The van der Waals surface area contributed by atoms with Gasteiger partial charge in [-0.1, -0.05) is 20.8 Å². The predicted octanol–water partition coefficient (Wildman–Crippen LogP) is 3.80. The predicted molar refractivity (Wildman–Crippen MR) is 96.0 cm³/mol. The standard InChI is InChI=1S/C20H21NO5/c1-20(2,3)18(23)15-16(14-6-5-11-26-14)21(19(24)17(15)22)12-7-9-13(25-4)10-8-12/h5-11,16,22H,1-4H3. The molecule has 0 fully saturated rings. The summed E-state index contributed by atoms with van der Waals surface area (Å²) in [7, 11) is 1.55. The van der Waals surface area contributed by atoms with E-state index in [0.717, 1.165) is 0 Å². The number of hydrogen-bond acceptors (Lipinski definition) is 5. The summed E-state index contributed by atoms with van der Waals surface area (Å²) in [5.41, 5.74) is -0.182. The van der Waals surface area contributed by atoms with E-state index in [9.17, 15) is 14.7 Å². The van der Waals surface area contributed by atoms with E-state index in [1.54, 1.807) is 64.3 Å². The highest BCUT2D eigenvalue weighted by Crippen LogP contribution is 2.43. The molecule has 1 aliphatic heterocycles. The second-order valence-corrected chi connectivity index (χ2v) is 7.13. The average Bonchev–Trinajstić information content (AvgIpc) is 3.21. The molecule has 1 aromatic heterocycles. The third-order valence-electron chi connectivity index (χ3n) is 4.30. The quantitative estimate of drug-likeness (QED) is 0.902. The lowest BCUT2D eigenvalue weighted by Gasteiger charge is -2.27. The van der Waals surface area contributed by atoms with Gasteiger partial charge in [-0.05, 0) is 36.4 Å². The van der Waals surface area contributed by atoms with Gasteiger partial charge in [0, 0.05) is 11.1 Å². The summed E-state index contributed by atoms with van der Waals surface area (Å²) in [4.78, 5) is 27.1. The Morgan fingerprint density at radius 1 is 1.19 bits per heavy atom. The molecule has 26 heavy (non-hydrogen) atoms. The fraction of sp³-hybridized carbons (Fsp3) is 0.300. The number of anilines is 1. The largest absolute Gasteiger partial charge is 0.503 e. The number of amides is 1. The number of methoxy groups -OCH3 is 1. The molecule has 0 spiro atoms. The van der Waals surface area contributed by atoms with Crippen LogP contribution in [-0.4, -0.2) is 23.9 Å². The molecule has 3 rings (SSSR count). The first-order valence-electron chi connectivity index (χ1n) is 8.24. The van der Waals surface area contributed by atoms with Gasteiger partial charge in [0.2, 0.25) is 0 Å². The molecule has 6 heteroatoms. The van der Waals surface area contributed by atoms with Crippen molar-refractivity contribution in [1.82, 2.24) is 0 Å². The Hall–Kier alpha value is -3.02. The number of ether oxygens (including phenoxy) is 1. The van der Waals surface area contributed by atoms with Gasteiger partial charge in [-0.25, -0.2) is 0 Å². The lowest BCUT2D eigenvalue weighted by molar-refractivity contribution is -0.123. The molecule has 0 aliphatic carbocycles. The number of benzene rings is 1. The fourth-order valence-electron chi connectivity index (χ4n) is 2.97. The number of Topliss-reactive ketones (excluding diaryl/α,β-unsaturated/α-hetero) is 1. The molecule has 0 bridgehead atoms. The summed E-state index contributed by atoms with van der Waals surface area (Å²) in [6.07, 6.45) is 1.47. The number of carbonyl (C=O) groups is 2. The van der Waals surface area contributed by atoms with Crippen LogP contribution >= 0.6 is 0 Å². The van der Waals surface area contributed by atoms with Crippen LogP contribution in [0, 0.1) is 5.41 Å². The van der Waals surface area contributed by atoms with Crippen LogP contribution in [0.4, 0.5) is 5.69 Å². The first kappa shape index (κ1) is 17.8. The molecule has 136 valence electrons. The van der Waals surface area contributed by atoms with Crippen LogP contribution in [0.3, 0.4) is 0 Å². The molecule has 1 atom stereocenters. The van der Waals surface area contributed by atoms with Crippen molar-refractivity contribution in [3.63, 3.8) is 0 Å². The SMILES string of the molecule is COc1ccc(N2C(=O)C(O)=C(C(=O)C(C)(C)C)C2c2ccco2)cc1. The Bertz CT molecular complexity index is 857. The van der Waals surface area contributed by atoms with Gasteiger partial charge in [0.05, 0.1) is 18.9 Å². The monoisotopic (exact) mass is 355 g/mol. The van der Waals surface area contributed by atoms with Gasteiger partial charge < -0.3 is 14.3 Å². The first-order chi connectivity index (χ1) is 12.3. The lowest BCUT2D eigenvalue weighted by Crippen LogP contribution is -2.32. The second-order valence-electron chi connectivity index (χ2n) is 7.13. The summed E-state index contributed by atoms with van der Waals surface area (Å²) in [6.45, 7) is 5.24. The van der Waals surface area contributed by atoms with E-state index in [4.69, 9.17) is 9.15 Å². The van der Waals surface area contributed by atoms with Crippen molar-refractivity contribution >= 4 is 17.4 Å². The molecule has 1 aromatic carbocycles. The molecule has 1 N–H and O–H groups in total. The van der Waals surface area contributed by atoms with Crippen molar-refractivity contribution in [2.75, 3.05) is 12.0 Å². The zero-order chi connectivity index (χ0) is 19.1. The minimum atomic E-state index is -0.822. The van der Waals surface area contributed by atoms with Crippen molar-refractivity contribution in [3.05, 3.63) is 59.8 Å². The van der Waals surface area contributed by atoms with Gasteiger partial charge >= 0.3 is 0 Å². The Morgan fingerprint density at radius 3 is 2.35 bits per heavy atom. The number of furan rings is 1. The van der Waals surface area contributed by atoms with E-state index in [1.165, 1.54) is 11.2 Å². The lowest BCUT2D eigenvalue weighted by atomic mass is 9.83. The molecule has 1 unspecified atom stereocenters. The molecule has 1 aliphatic rings. The van der Waals surface area contributed by atoms with Gasteiger partial charge in [0.15, 0.2) is 11.5 Å². The van der Waals surface area contributed by atoms with Crippen molar-refractivity contribution in [2.45, 2.75) is 26.8 Å². The third kappa shape index (κ3) is 2.87. The summed E-state index contributed by atoms with van der Waals surface area (Å²) in [6, 6.07) is 9.36. The third-order valence-corrected chi connectivity index (χ3v) is 4.30. The summed E-state index contributed by atoms with van der Waals surface area (Å²) in [5, 5.41) is 10.5. The maximum atomic E-state index is 12.9. The van der Waals surface area contributed by atoms with E-state index < -0.39 is 23.1 Å². The average molecular weight is 355 g/mol.